The summed E-state index contributed by atoms with van der Waals surface area (Å²) in [6.45, 7) is 8.84. The van der Waals surface area contributed by atoms with E-state index in [0.717, 1.165) is 12.1 Å². The van der Waals surface area contributed by atoms with Crippen LogP contribution in [0.3, 0.4) is 0 Å². The normalized spacial score (nSPS) is 12.3. The fraction of sp³-hybridized carbons (Fsp3) is 0.0833. The second kappa shape index (κ2) is 9.30. The summed E-state index contributed by atoms with van der Waals surface area (Å²) in [4.78, 5) is 35.2. The van der Waals surface area contributed by atoms with Gasteiger partial charge in [0.1, 0.15) is 16.7 Å². The highest BCUT2D eigenvalue weighted by Gasteiger charge is 2.23. The van der Waals surface area contributed by atoms with Crippen molar-refractivity contribution in [1.82, 2.24) is 0 Å². The molecular formula is C24H18F2N2O4. The van der Waals surface area contributed by atoms with E-state index in [0.29, 0.717) is 5.57 Å². The Morgan fingerprint density at radius 3 is 2.59 bits per heavy atom. The fourth-order valence-electron chi connectivity index (χ4n) is 3.29. The van der Waals surface area contributed by atoms with Crippen LogP contribution in [0.4, 0.5) is 14.5 Å². The number of carbonyl (C=O) groups is 1. The first-order valence-corrected chi connectivity index (χ1v) is 9.46. The molecule has 6 nitrogen and oxygen atoms in total. The van der Waals surface area contributed by atoms with E-state index in [-0.39, 0.29) is 28.2 Å². The topological polar surface area (TPSA) is 88.7 Å². The molecule has 1 atom stereocenters. The van der Waals surface area contributed by atoms with Gasteiger partial charge < -0.3 is 9.73 Å². The molecule has 0 aliphatic rings. The maximum atomic E-state index is 14.5. The Bertz CT molecular complexity index is 1340. The van der Waals surface area contributed by atoms with Gasteiger partial charge in [0.25, 0.3) is 0 Å². The highest BCUT2D eigenvalue weighted by molar-refractivity contribution is 6.00. The number of rotatable bonds is 7. The molecule has 0 bridgehead atoms. The van der Waals surface area contributed by atoms with Crippen molar-refractivity contribution in [2.75, 3.05) is 5.32 Å². The Labute approximate surface area is 181 Å². The number of allylic oxidation sites excluding steroid dienone is 4. The fourth-order valence-corrected chi connectivity index (χ4v) is 3.29. The van der Waals surface area contributed by atoms with Gasteiger partial charge in [0.15, 0.2) is 17.1 Å². The minimum atomic E-state index is -1.33. The van der Waals surface area contributed by atoms with Crippen molar-refractivity contribution in [3.05, 3.63) is 111 Å². The molecule has 1 unspecified atom stereocenters. The molecule has 0 radical (unpaired) electrons. The molecule has 1 amide bonds. The molecule has 3 aromatic rings. The molecular weight excluding hydrogens is 418 g/mol. The summed E-state index contributed by atoms with van der Waals surface area (Å²) in [6.07, 6.45) is 4.44. The molecule has 162 valence electrons. The monoisotopic (exact) mass is 436 g/mol. The number of benzene rings is 2. The number of nitroso groups, excluding NO2 is 1. The van der Waals surface area contributed by atoms with Gasteiger partial charge in [0, 0.05) is 28.1 Å². The number of para-hydroxylation sites is 1. The van der Waals surface area contributed by atoms with Crippen LogP contribution >= 0.6 is 0 Å². The highest BCUT2D eigenvalue weighted by atomic mass is 19.2. The molecule has 0 saturated carbocycles. The Morgan fingerprint density at radius 1 is 1.22 bits per heavy atom. The van der Waals surface area contributed by atoms with Crippen LogP contribution in [-0.4, -0.2) is 5.91 Å². The minimum Gasteiger partial charge on any atom is -0.455 e. The lowest BCUT2D eigenvalue weighted by Crippen LogP contribution is -2.14. The molecule has 0 aliphatic heterocycles. The zero-order chi connectivity index (χ0) is 23.4. The van der Waals surface area contributed by atoms with Crippen molar-refractivity contribution < 1.29 is 18.0 Å². The second-order valence-corrected chi connectivity index (χ2v) is 6.81. The van der Waals surface area contributed by atoms with Crippen LogP contribution in [0.2, 0.25) is 0 Å². The van der Waals surface area contributed by atoms with Gasteiger partial charge >= 0.3 is 5.91 Å². The molecule has 1 heterocycles. The van der Waals surface area contributed by atoms with Crippen molar-refractivity contribution in [3.8, 4) is 0 Å². The highest BCUT2D eigenvalue weighted by Crippen LogP contribution is 2.32. The van der Waals surface area contributed by atoms with E-state index in [2.05, 4.69) is 23.7 Å². The molecule has 0 spiro atoms. The van der Waals surface area contributed by atoms with Gasteiger partial charge in [-0.25, -0.2) is 8.78 Å². The molecule has 8 heteroatoms. The molecule has 32 heavy (non-hydrogen) atoms. The van der Waals surface area contributed by atoms with E-state index in [9.17, 15) is 23.3 Å². The van der Waals surface area contributed by atoms with Gasteiger partial charge in [-0.1, -0.05) is 43.5 Å². The van der Waals surface area contributed by atoms with Crippen LogP contribution in [0.5, 0.6) is 0 Å². The molecule has 1 N–H and O–H groups in total. The minimum absolute atomic E-state index is 0.00578. The lowest BCUT2D eigenvalue weighted by Gasteiger charge is -2.19. The Morgan fingerprint density at radius 2 is 1.94 bits per heavy atom. The first kappa shape index (κ1) is 22.5. The predicted molar refractivity (Wildman–Crippen MR) is 119 cm³/mol. The van der Waals surface area contributed by atoms with E-state index in [4.69, 9.17) is 4.42 Å². The Kier molecular flexibility index (Phi) is 6.53. The number of fused-ring (bicyclic) bond motifs is 1. The van der Waals surface area contributed by atoms with Crippen LogP contribution in [0.15, 0.2) is 82.2 Å². The number of nitrogens with zero attached hydrogens (tertiary/aromatic N) is 1. The van der Waals surface area contributed by atoms with Gasteiger partial charge in [0.05, 0.1) is 11.6 Å². The average molecular weight is 436 g/mol. The summed E-state index contributed by atoms with van der Waals surface area (Å²) in [5.74, 6) is -3.46. The number of anilines is 1. The third-order valence-electron chi connectivity index (χ3n) is 4.80. The van der Waals surface area contributed by atoms with E-state index in [1.54, 1.807) is 25.1 Å². The summed E-state index contributed by atoms with van der Waals surface area (Å²) in [7, 11) is 0. The second-order valence-electron chi connectivity index (χ2n) is 6.81. The van der Waals surface area contributed by atoms with Crippen LogP contribution in [-0.2, 0) is 0 Å². The van der Waals surface area contributed by atoms with Crippen molar-refractivity contribution >= 4 is 28.1 Å². The SMILES string of the molecule is C=C/C=C(\C=C)c1cc(=O)c2c(F)c(F)cc(C(C)Nc3ccccc3C(=O)N=O)c2o1. The number of hydrogen-bond donors (Lipinski definition) is 1. The standard InChI is InChI=1S/C24H18F2N2O4/c1-4-8-14(5-2)20-12-19(29)21-22(26)17(25)11-16(23(21)32-20)13(3)27-18-10-7-6-9-15(18)24(30)28-31/h4-13,27H,1-2H2,3H3/b14-8+. The van der Waals surface area contributed by atoms with Crippen LogP contribution in [0, 0.1) is 16.5 Å². The van der Waals surface area contributed by atoms with Gasteiger partial charge in [-0.3, -0.25) is 9.59 Å². The van der Waals surface area contributed by atoms with Crippen molar-refractivity contribution in [3.63, 3.8) is 0 Å². The van der Waals surface area contributed by atoms with E-state index in [1.807, 2.05) is 0 Å². The number of nitrogens with one attached hydrogen (secondary N) is 1. The third kappa shape index (κ3) is 4.15. The van der Waals surface area contributed by atoms with E-state index in [1.165, 1.54) is 24.3 Å². The zero-order valence-electron chi connectivity index (χ0n) is 17.0. The van der Waals surface area contributed by atoms with E-state index < -0.39 is 34.4 Å². The predicted octanol–water partition coefficient (Wildman–Crippen LogP) is 5.91. The summed E-state index contributed by atoms with van der Waals surface area (Å²) < 4.78 is 34.7. The summed E-state index contributed by atoms with van der Waals surface area (Å²) in [5, 5.41) is 4.85. The maximum Gasteiger partial charge on any atom is 0.318 e. The summed E-state index contributed by atoms with van der Waals surface area (Å²) in [6, 6.07) is 7.30. The van der Waals surface area contributed by atoms with Gasteiger partial charge in [0.2, 0.25) is 0 Å². The number of hydrogen-bond acceptors (Lipinski definition) is 5. The van der Waals surface area contributed by atoms with Crippen molar-refractivity contribution in [2.24, 2.45) is 5.18 Å². The van der Waals surface area contributed by atoms with Gasteiger partial charge in [-0.15, -0.1) is 4.91 Å². The molecule has 1 aromatic heterocycles. The van der Waals surface area contributed by atoms with E-state index >= 15 is 0 Å². The molecule has 2 aromatic carbocycles. The zero-order valence-corrected chi connectivity index (χ0v) is 17.0. The third-order valence-corrected chi connectivity index (χ3v) is 4.80. The number of amides is 1. The molecule has 0 fully saturated rings. The first-order chi connectivity index (χ1) is 15.3. The molecule has 0 saturated heterocycles. The number of carbonyl (C=O) groups excluding carboxylic acids is 1. The Balaban J connectivity index is 2.22. The van der Waals surface area contributed by atoms with Crippen molar-refractivity contribution in [1.29, 1.82) is 0 Å². The van der Waals surface area contributed by atoms with Crippen molar-refractivity contribution in [2.45, 2.75) is 13.0 Å². The average Bonchev–Trinajstić information content (AvgIpc) is 2.79. The van der Waals surface area contributed by atoms with Gasteiger partial charge in [-0.05, 0) is 25.1 Å². The maximum absolute atomic E-state index is 14.5. The largest absolute Gasteiger partial charge is 0.455 e. The number of halogens is 2. The summed E-state index contributed by atoms with van der Waals surface area (Å²) in [5.41, 5.74) is -0.139. The summed E-state index contributed by atoms with van der Waals surface area (Å²) >= 11 is 0. The van der Waals surface area contributed by atoms with Crippen LogP contribution in [0.1, 0.15) is 34.6 Å². The van der Waals surface area contributed by atoms with Crippen LogP contribution < -0.4 is 10.7 Å². The van der Waals surface area contributed by atoms with Gasteiger partial charge in [-0.2, -0.15) is 0 Å². The molecule has 0 aliphatic carbocycles. The molecule has 3 rings (SSSR count). The first-order valence-electron chi connectivity index (χ1n) is 9.46. The Hall–Kier alpha value is -4.20. The lowest BCUT2D eigenvalue weighted by atomic mass is 10.0. The van der Waals surface area contributed by atoms with Crippen LogP contribution in [0.25, 0.3) is 16.5 Å². The lowest BCUT2D eigenvalue weighted by molar-refractivity contribution is 0.100. The smallest absolute Gasteiger partial charge is 0.318 e. The quantitative estimate of drug-likeness (QED) is 0.368.